The minimum atomic E-state index is -1.73. The Bertz CT molecular complexity index is 967. The molecule has 8 atom stereocenters. The molecule has 3 aliphatic heterocycles. The van der Waals surface area contributed by atoms with Gasteiger partial charge < -0.3 is 44.3 Å². The van der Waals surface area contributed by atoms with Crippen LogP contribution in [0.15, 0.2) is 24.3 Å². The molecule has 0 saturated carbocycles. The van der Waals surface area contributed by atoms with Crippen LogP contribution in [0.5, 0.6) is 11.5 Å². The van der Waals surface area contributed by atoms with E-state index in [-0.39, 0.29) is 11.5 Å². The molecule has 0 unspecified atom stereocenters. The van der Waals surface area contributed by atoms with Crippen molar-refractivity contribution in [1.82, 2.24) is 4.90 Å². The largest absolute Gasteiger partial charge is 0.493 e. The third kappa shape index (κ3) is 3.52. The van der Waals surface area contributed by atoms with Gasteiger partial charge in [-0.2, -0.15) is 0 Å². The van der Waals surface area contributed by atoms with Gasteiger partial charge in [0, 0.05) is 18.5 Å². The Kier molecular flexibility index (Phi) is 5.63. The molecule has 1 spiro atoms. The summed E-state index contributed by atoms with van der Waals surface area (Å²) < 4.78 is 22.9. The Morgan fingerprint density at radius 2 is 2.03 bits per heavy atom. The fraction of sp³-hybridized carbons (Fsp3) is 0.609. The molecule has 1 aromatic rings. The number of nitrogens with zero attached hydrogens (tertiary/aromatic N) is 1. The van der Waals surface area contributed by atoms with Crippen molar-refractivity contribution in [1.29, 1.82) is 0 Å². The minimum Gasteiger partial charge on any atom is -0.493 e. The lowest BCUT2D eigenvalue weighted by molar-refractivity contribution is -0.295. The first-order valence-corrected chi connectivity index (χ1v) is 11.1. The predicted molar refractivity (Wildman–Crippen MR) is 113 cm³/mol. The molecular weight excluding hydrogens is 434 g/mol. The van der Waals surface area contributed by atoms with E-state index in [0.29, 0.717) is 12.2 Å². The molecular formula is C23H29NO9. The van der Waals surface area contributed by atoms with Crippen LogP contribution in [0.3, 0.4) is 0 Å². The highest BCUT2D eigenvalue weighted by Crippen LogP contribution is 2.56. The number of carboxylic acid groups (broad SMARTS) is 1. The van der Waals surface area contributed by atoms with Gasteiger partial charge >= 0.3 is 5.97 Å². The van der Waals surface area contributed by atoms with Gasteiger partial charge in [-0.3, -0.25) is 0 Å². The summed E-state index contributed by atoms with van der Waals surface area (Å²) in [5, 5.41) is 39.9. The van der Waals surface area contributed by atoms with E-state index in [1.807, 2.05) is 12.1 Å². The summed E-state index contributed by atoms with van der Waals surface area (Å²) in [6.07, 6.45) is -3.64. The second-order valence-electron chi connectivity index (χ2n) is 9.27. The average Bonchev–Trinajstić information content (AvgIpc) is 3.05. The standard InChI is InChI=1S/C23H29NO9/c1-24-8-7-23-6-5-12(31-20-17(26)16(25)19(21(27)28)33-22(20)29)9-14(23)32-18-13(30-2)4-3-11(10-24)15(18)23/h3-6,12,14,16-17,19-20,22,25-26,29H,7-10H2,1-2H3,(H,27,28)/t12-,14-,16-,17-,19-,20+,22+,23-/m0/s1. The fourth-order valence-electron chi connectivity index (χ4n) is 5.57. The molecule has 1 aliphatic carbocycles. The molecule has 5 rings (SSSR count). The summed E-state index contributed by atoms with van der Waals surface area (Å²) >= 11 is 0. The van der Waals surface area contributed by atoms with Crippen LogP contribution in [0.4, 0.5) is 0 Å². The van der Waals surface area contributed by atoms with Crippen molar-refractivity contribution in [2.24, 2.45) is 0 Å². The minimum absolute atomic E-state index is 0.250. The van der Waals surface area contributed by atoms with Crippen molar-refractivity contribution in [3.63, 3.8) is 0 Å². The lowest BCUT2D eigenvalue weighted by Crippen LogP contribution is -2.61. The Hall–Kier alpha value is -2.21. The van der Waals surface area contributed by atoms with Crippen LogP contribution in [0.1, 0.15) is 24.0 Å². The maximum atomic E-state index is 11.2. The molecule has 1 aromatic carbocycles. The molecule has 1 saturated heterocycles. The van der Waals surface area contributed by atoms with Gasteiger partial charge in [-0.1, -0.05) is 18.2 Å². The van der Waals surface area contributed by atoms with E-state index in [0.717, 1.165) is 30.8 Å². The highest BCUT2D eigenvalue weighted by atomic mass is 16.7. The fourth-order valence-corrected chi connectivity index (χ4v) is 5.57. The van der Waals surface area contributed by atoms with Gasteiger partial charge in [0.05, 0.1) is 18.6 Å². The average molecular weight is 463 g/mol. The molecule has 33 heavy (non-hydrogen) atoms. The molecule has 0 aromatic heterocycles. The van der Waals surface area contributed by atoms with E-state index < -0.39 is 42.8 Å². The van der Waals surface area contributed by atoms with E-state index in [1.165, 1.54) is 5.56 Å². The highest BCUT2D eigenvalue weighted by Gasteiger charge is 2.54. The van der Waals surface area contributed by atoms with Crippen molar-refractivity contribution < 1.29 is 44.2 Å². The Labute approximate surface area is 190 Å². The van der Waals surface area contributed by atoms with Crippen molar-refractivity contribution in [3.8, 4) is 11.5 Å². The predicted octanol–water partition coefficient (Wildman–Crippen LogP) is -0.233. The lowest BCUT2D eigenvalue weighted by Gasteiger charge is -2.42. The maximum Gasteiger partial charge on any atom is 0.335 e. The molecule has 4 aliphatic rings. The molecule has 180 valence electrons. The van der Waals surface area contributed by atoms with Gasteiger partial charge in [0.15, 0.2) is 23.9 Å². The van der Waals surface area contributed by atoms with Gasteiger partial charge in [-0.25, -0.2) is 4.79 Å². The summed E-state index contributed by atoms with van der Waals surface area (Å²) in [6.45, 7) is 1.68. The Balaban J connectivity index is 1.41. The van der Waals surface area contributed by atoms with Crippen LogP contribution in [0.25, 0.3) is 0 Å². The number of methoxy groups -OCH3 is 1. The first-order valence-electron chi connectivity index (χ1n) is 11.1. The summed E-state index contributed by atoms with van der Waals surface area (Å²) in [4.78, 5) is 13.5. The van der Waals surface area contributed by atoms with E-state index in [1.54, 1.807) is 7.11 Å². The summed E-state index contributed by atoms with van der Waals surface area (Å²) in [7, 11) is 3.70. The van der Waals surface area contributed by atoms with Crippen molar-refractivity contribution in [3.05, 3.63) is 35.4 Å². The lowest BCUT2D eigenvalue weighted by atomic mass is 9.69. The SMILES string of the molecule is COc1ccc2c3c1O[C@H]1C[C@@H](O[C@@H]4[C@@H](O)[C@H](O)[C@@H](C(=O)O)O[C@H]4O)C=C[C@@]31CCN(C)C2. The molecule has 1 fully saturated rings. The number of hydrogen-bond donors (Lipinski definition) is 4. The number of rotatable bonds is 4. The Morgan fingerprint density at radius 1 is 1.24 bits per heavy atom. The first kappa shape index (κ1) is 22.6. The number of aliphatic hydroxyl groups is 3. The van der Waals surface area contributed by atoms with Crippen LogP contribution in [0.2, 0.25) is 0 Å². The smallest absolute Gasteiger partial charge is 0.335 e. The molecule has 4 N–H and O–H groups in total. The van der Waals surface area contributed by atoms with E-state index >= 15 is 0 Å². The third-order valence-electron chi connectivity index (χ3n) is 7.27. The van der Waals surface area contributed by atoms with Gasteiger partial charge in [0.2, 0.25) is 0 Å². The number of ether oxygens (including phenoxy) is 4. The maximum absolute atomic E-state index is 11.2. The number of carboxylic acids is 1. The van der Waals surface area contributed by atoms with E-state index in [2.05, 4.69) is 24.1 Å². The van der Waals surface area contributed by atoms with Crippen molar-refractivity contribution >= 4 is 5.97 Å². The molecule has 0 amide bonds. The number of carbonyl (C=O) groups is 1. The molecule has 0 bridgehead atoms. The quantitative estimate of drug-likeness (QED) is 0.443. The van der Waals surface area contributed by atoms with Crippen molar-refractivity contribution in [2.75, 3.05) is 20.7 Å². The molecule has 10 heteroatoms. The second-order valence-corrected chi connectivity index (χ2v) is 9.27. The number of aliphatic hydroxyl groups excluding tert-OH is 3. The monoisotopic (exact) mass is 463 g/mol. The van der Waals surface area contributed by atoms with E-state index in [4.69, 9.17) is 24.1 Å². The van der Waals surface area contributed by atoms with Crippen LogP contribution < -0.4 is 9.47 Å². The normalized spacial score (nSPS) is 39.8. The van der Waals surface area contributed by atoms with Crippen LogP contribution >= 0.6 is 0 Å². The van der Waals surface area contributed by atoms with Gasteiger partial charge in [0.1, 0.15) is 24.4 Å². The van der Waals surface area contributed by atoms with E-state index in [9.17, 15) is 20.1 Å². The molecule has 3 heterocycles. The van der Waals surface area contributed by atoms with Crippen molar-refractivity contribution in [2.45, 2.75) is 67.7 Å². The van der Waals surface area contributed by atoms with Crippen LogP contribution in [-0.4, -0.2) is 94.9 Å². The van der Waals surface area contributed by atoms with Crippen LogP contribution in [0, 0.1) is 0 Å². The second kappa shape index (κ2) is 8.23. The van der Waals surface area contributed by atoms with Gasteiger partial charge in [0.25, 0.3) is 0 Å². The zero-order valence-electron chi connectivity index (χ0n) is 18.5. The van der Waals surface area contributed by atoms with Gasteiger partial charge in [-0.05, 0) is 31.6 Å². The summed E-state index contributed by atoms with van der Waals surface area (Å²) in [6, 6.07) is 4.00. The molecule has 10 nitrogen and oxygen atoms in total. The zero-order chi connectivity index (χ0) is 23.5. The number of hydrogen-bond acceptors (Lipinski definition) is 9. The first-order chi connectivity index (χ1) is 15.7. The summed E-state index contributed by atoms with van der Waals surface area (Å²) in [5.74, 6) is -0.0625. The van der Waals surface area contributed by atoms with Crippen LogP contribution in [-0.2, 0) is 26.2 Å². The topological polar surface area (TPSA) is 138 Å². The third-order valence-corrected chi connectivity index (χ3v) is 7.27. The highest BCUT2D eigenvalue weighted by molar-refractivity contribution is 5.73. The number of aliphatic carboxylic acids is 1. The molecule has 0 radical (unpaired) electrons. The zero-order valence-corrected chi connectivity index (χ0v) is 18.5. The summed E-state index contributed by atoms with van der Waals surface area (Å²) in [5.41, 5.74) is 1.97. The van der Waals surface area contributed by atoms with Gasteiger partial charge in [-0.15, -0.1) is 0 Å². The number of benzene rings is 1. The Morgan fingerprint density at radius 3 is 2.76 bits per heavy atom.